The highest BCUT2D eigenvalue weighted by atomic mass is 16.1. The van der Waals surface area contributed by atoms with Crippen LogP contribution in [-0.4, -0.2) is 49.0 Å². The van der Waals surface area contributed by atoms with Gasteiger partial charge in [0.2, 0.25) is 0 Å². The summed E-state index contributed by atoms with van der Waals surface area (Å²) in [4.78, 5) is 18.7. The first-order chi connectivity index (χ1) is 9.57. The van der Waals surface area contributed by atoms with Gasteiger partial charge >= 0.3 is 0 Å². The highest BCUT2D eigenvalue weighted by molar-refractivity contribution is 5.92. The largest absolute Gasteiger partial charge is 0.373 e. The van der Waals surface area contributed by atoms with Crippen molar-refractivity contribution in [2.24, 2.45) is 0 Å². The summed E-state index contributed by atoms with van der Waals surface area (Å²) in [6, 6.07) is 5.42. The number of aromatic nitrogens is 1. The van der Waals surface area contributed by atoms with Crippen molar-refractivity contribution < 1.29 is 4.79 Å². The molecule has 0 radical (unpaired) electrons. The zero-order chi connectivity index (χ0) is 14.6. The quantitative estimate of drug-likeness (QED) is 0.860. The lowest BCUT2D eigenvalue weighted by Gasteiger charge is -2.36. The number of hydrogen-bond acceptors (Lipinski definition) is 4. The monoisotopic (exact) mass is 276 g/mol. The molecule has 0 spiro atoms. The summed E-state index contributed by atoms with van der Waals surface area (Å²) in [6.07, 6.45) is 4.76. The zero-order valence-corrected chi connectivity index (χ0v) is 12.6. The van der Waals surface area contributed by atoms with Crippen molar-refractivity contribution in [1.29, 1.82) is 0 Å². The van der Waals surface area contributed by atoms with Crippen molar-refractivity contribution in [3.63, 3.8) is 0 Å². The van der Waals surface area contributed by atoms with E-state index in [1.165, 1.54) is 12.8 Å². The molecule has 0 aromatic carbocycles. The van der Waals surface area contributed by atoms with Crippen molar-refractivity contribution in [1.82, 2.24) is 15.2 Å². The van der Waals surface area contributed by atoms with Crippen molar-refractivity contribution in [3.8, 4) is 0 Å². The van der Waals surface area contributed by atoms with Gasteiger partial charge in [-0.05, 0) is 39.1 Å². The van der Waals surface area contributed by atoms with Crippen LogP contribution in [0.5, 0.6) is 0 Å². The van der Waals surface area contributed by atoms with Gasteiger partial charge in [0, 0.05) is 19.1 Å². The lowest BCUT2D eigenvalue weighted by atomic mass is 9.96. The number of carbonyl (C=O) groups excluding carboxylic acids is 1. The second-order valence-corrected chi connectivity index (χ2v) is 5.67. The lowest BCUT2D eigenvalue weighted by molar-refractivity contribution is 0.0895. The Hall–Kier alpha value is -1.62. The topological polar surface area (TPSA) is 57.3 Å². The summed E-state index contributed by atoms with van der Waals surface area (Å²) in [5.74, 6) is 0.607. The van der Waals surface area contributed by atoms with Gasteiger partial charge in [0.25, 0.3) is 5.91 Å². The van der Waals surface area contributed by atoms with E-state index in [1.807, 2.05) is 12.1 Å². The smallest absolute Gasteiger partial charge is 0.270 e. The highest BCUT2D eigenvalue weighted by Crippen LogP contribution is 2.33. The summed E-state index contributed by atoms with van der Waals surface area (Å²) < 4.78 is 0. The van der Waals surface area contributed by atoms with Gasteiger partial charge in [-0.15, -0.1) is 0 Å². The molecule has 110 valence electrons. The first-order valence-electron chi connectivity index (χ1n) is 7.18. The number of likely N-dealkylation sites (N-methyl/N-ethyl adjacent to an activating group) is 1. The van der Waals surface area contributed by atoms with Crippen LogP contribution in [0.1, 0.15) is 36.2 Å². The fourth-order valence-electron chi connectivity index (χ4n) is 2.85. The predicted octanol–water partition coefficient (Wildman–Crippen LogP) is 1.73. The van der Waals surface area contributed by atoms with E-state index in [4.69, 9.17) is 0 Å². The van der Waals surface area contributed by atoms with Gasteiger partial charge in [0.05, 0.1) is 0 Å². The number of amides is 1. The van der Waals surface area contributed by atoms with Crippen LogP contribution in [0.15, 0.2) is 18.2 Å². The summed E-state index contributed by atoms with van der Waals surface area (Å²) in [7, 11) is 5.98. The van der Waals surface area contributed by atoms with E-state index in [9.17, 15) is 4.79 Å². The molecule has 2 N–H and O–H groups in total. The summed E-state index contributed by atoms with van der Waals surface area (Å²) in [6.45, 7) is 0.685. The Kier molecular flexibility index (Phi) is 4.60. The standard InChI is InChI=1S/C15H24N4O/c1-16-13-8-6-7-12(18-13)14(20)17-11-15(19(2)3)9-4-5-10-15/h6-8H,4-5,9-11H2,1-3H3,(H,16,18)(H,17,20). The van der Waals surface area contributed by atoms with Crippen LogP contribution < -0.4 is 10.6 Å². The molecule has 0 bridgehead atoms. The molecule has 1 saturated carbocycles. The second kappa shape index (κ2) is 6.22. The molecule has 20 heavy (non-hydrogen) atoms. The van der Waals surface area contributed by atoms with Crippen molar-refractivity contribution in [2.45, 2.75) is 31.2 Å². The zero-order valence-electron chi connectivity index (χ0n) is 12.6. The minimum Gasteiger partial charge on any atom is -0.373 e. The van der Waals surface area contributed by atoms with E-state index in [1.54, 1.807) is 13.1 Å². The first kappa shape index (κ1) is 14.8. The molecular weight excluding hydrogens is 252 g/mol. The number of rotatable bonds is 5. The van der Waals surface area contributed by atoms with Gasteiger partial charge in [-0.25, -0.2) is 4.98 Å². The maximum atomic E-state index is 12.2. The minimum absolute atomic E-state index is 0.102. The predicted molar refractivity (Wildman–Crippen MR) is 81.0 cm³/mol. The maximum absolute atomic E-state index is 12.2. The molecule has 1 aliphatic carbocycles. The molecule has 0 aliphatic heterocycles. The lowest BCUT2D eigenvalue weighted by Crippen LogP contribution is -2.50. The molecule has 5 nitrogen and oxygen atoms in total. The molecular formula is C15H24N4O. The highest BCUT2D eigenvalue weighted by Gasteiger charge is 2.36. The number of hydrogen-bond donors (Lipinski definition) is 2. The van der Waals surface area contributed by atoms with Crippen molar-refractivity contribution >= 4 is 11.7 Å². The van der Waals surface area contributed by atoms with Crippen molar-refractivity contribution in [3.05, 3.63) is 23.9 Å². The number of carbonyl (C=O) groups is 1. The Labute approximate surface area is 120 Å². The van der Waals surface area contributed by atoms with Crippen LogP contribution in [0.2, 0.25) is 0 Å². The van der Waals surface area contributed by atoms with Gasteiger partial charge in [0.1, 0.15) is 11.5 Å². The van der Waals surface area contributed by atoms with Gasteiger partial charge in [-0.3, -0.25) is 4.79 Å². The molecule has 1 heterocycles. The molecule has 5 heteroatoms. The SMILES string of the molecule is CNc1cccc(C(=O)NCC2(N(C)C)CCCC2)n1. The molecule has 1 amide bonds. The van der Waals surface area contributed by atoms with E-state index >= 15 is 0 Å². The van der Waals surface area contributed by atoms with Gasteiger partial charge < -0.3 is 15.5 Å². The molecule has 2 rings (SSSR count). The summed E-state index contributed by atoms with van der Waals surface area (Å²) in [5.41, 5.74) is 0.569. The third-order valence-electron chi connectivity index (χ3n) is 4.30. The van der Waals surface area contributed by atoms with Crippen LogP contribution in [0.25, 0.3) is 0 Å². The van der Waals surface area contributed by atoms with Crippen LogP contribution >= 0.6 is 0 Å². The maximum Gasteiger partial charge on any atom is 0.270 e. The van der Waals surface area contributed by atoms with Gasteiger partial charge in [-0.1, -0.05) is 18.9 Å². The first-order valence-corrected chi connectivity index (χ1v) is 7.18. The molecule has 1 fully saturated rings. The molecule has 1 aromatic rings. The Morgan fingerprint density at radius 1 is 1.35 bits per heavy atom. The molecule has 1 aliphatic rings. The van der Waals surface area contributed by atoms with Gasteiger partial charge in [0.15, 0.2) is 0 Å². The van der Waals surface area contributed by atoms with Gasteiger partial charge in [-0.2, -0.15) is 0 Å². The number of nitrogens with zero attached hydrogens (tertiary/aromatic N) is 2. The number of nitrogens with one attached hydrogen (secondary N) is 2. The van der Waals surface area contributed by atoms with Crippen molar-refractivity contribution in [2.75, 3.05) is 33.0 Å². The molecule has 0 saturated heterocycles. The fourth-order valence-corrected chi connectivity index (χ4v) is 2.85. The summed E-state index contributed by atoms with van der Waals surface area (Å²) in [5, 5.41) is 5.99. The van der Waals surface area contributed by atoms with Crippen LogP contribution in [0, 0.1) is 0 Å². The minimum atomic E-state index is -0.102. The van der Waals surface area contributed by atoms with E-state index in [0.717, 1.165) is 12.8 Å². The van der Waals surface area contributed by atoms with Crippen LogP contribution in [-0.2, 0) is 0 Å². The van der Waals surface area contributed by atoms with Crippen LogP contribution in [0.4, 0.5) is 5.82 Å². The average molecular weight is 276 g/mol. The molecule has 1 aromatic heterocycles. The number of anilines is 1. The Morgan fingerprint density at radius 2 is 2.05 bits per heavy atom. The third kappa shape index (κ3) is 3.10. The number of pyridine rings is 1. The van der Waals surface area contributed by atoms with E-state index in [2.05, 4.69) is 34.6 Å². The third-order valence-corrected chi connectivity index (χ3v) is 4.30. The summed E-state index contributed by atoms with van der Waals surface area (Å²) >= 11 is 0. The van der Waals surface area contributed by atoms with Crippen LogP contribution in [0.3, 0.4) is 0 Å². The Morgan fingerprint density at radius 3 is 2.65 bits per heavy atom. The van der Waals surface area contributed by atoms with E-state index in [-0.39, 0.29) is 11.4 Å². The Bertz CT molecular complexity index is 467. The Balaban J connectivity index is 2.00. The van der Waals surface area contributed by atoms with E-state index in [0.29, 0.717) is 18.1 Å². The normalized spacial score (nSPS) is 17.2. The molecule has 0 unspecified atom stereocenters. The molecule has 0 atom stereocenters. The average Bonchev–Trinajstić information content (AvgIpc) is 2.95. The van der Waals surface area contributed by atoms with E-state index < -0.39 is 0 Å². The fraction of sp³-hybridized carbons (Fsp3) is 0.600. The second-order valence-electron chi connectivity index (χ2n) is 5.67.